The highest BCUT2D eigenvalue weighted by Gasteiger charge is 2.44. The van der Waals surface area contributed by atoms with Crippen LogP contribution in [0.25, 0.3) is 38.6 Å². The van der Waals surface area contributed by atoms with Gasteiger partial charge in [-0.1, -0.05) is 103 Å². The Balaban J connectivity index is 1.25. The number of rotatable bonds is 7. The molecule has 0 saturated heterocycles. The van der Waals surface area contributed by atoms with Crippen LogP contribution in [-0.2, 0) is 9.59 Å². The van der Waals surface area contributed by atoms with E-state index in [4.69, 9.17) is 0 Å². The molecule has 0 atom stereocenters. The summed E-state index contributed by atoms with van der Waals surface area (Å²) in [7, 11) is 0. The molecule has 5 aromatic carbocycles. The quantitative estimate of drug-likeness (QED) is 0.120. The number of amides is 2. The SMILES string of the molecule is Cc1sc(C)c(C2=C(c3c(C)sc(C)c3C)C(=O)N(c3cccc4c5ccccc5n(-c5ccc(C(c6ccccc6)c6ccccc6)cc5)c34)C2=O)c1C. The predicted octanol–water partition coefficient (Wildman–Crippen LogP) is 12.4. The molecule has 0 N–H and O–H groups in total. The molecule has 55 heavy (non-hydrogen) atoms. The monoisotopic (exact) mass is 752 g/mol. The van der Waals surface area contributed by atoms with Crippen LogP contribution in [0.5, 0.6) is 0 Å². The first-order valence-electron chi connectivity index (χ1n) is 18.6. The minimum Gasteiger partial charge on any atom is -0.307 e. The molecule has 9 rings (SSSR count). The van der Waals surface area contributed by atoms with Crippen molar-refractivity contribution in [1.29, 1.82) is 0 Å². The summed E-state index contributed by atoms with van der Waals surface area (Å²) in [5.41, 5.74) is 11.9. The molecule has 270 valence electrons. The van der Waals surface area contributed by atoms with Crippen molar-refractivity contribution in [2.45, 2.75) is 47.5 Å². The van der Waals surface area contributed by atoms with Crippen LogP contribution in [0.2, 0.25) is 0 Å². The smallest absolute Gasteiger partial charge is 0.266 e. The number of benzene rings is 5. The van der Waals surface area contributed by atoms with Crippen molar-refractivity contribution in [3.63, 3.8) is 0 Å². The Morgan fingerprint density at radius 1 is 0.473 bits per heavy atom. The Hall–Kier alpha value is -5.82. The maximum Gasteiger partial charge on any atom is 0.266 e. The predicted molar refractivity (Wildman–Crippen MR) is 231 cm³/mol. The molecule has 1 aliphatic heterocycles. The zero-order valence-corrected chi connectivity index (χ0v) is 33.4. The summed E-state index contributed by atoms with van der Waals surface area (Å²) in [5.74, 6) is -0.493. The van der Waals surface area contributed by atoms with Gasteiger partial charge in [0.1, 0.15) is 0 Å². The number of thiophene rings is 2. The second kappa shape index (κ2) is 13.5. The zero-order chi connectivity index (χ0) is 38.1. The van der Waals surface area contributed by atoms with Crippen LogP contribution in [0.1, 0.15) is 64.4 Å². The van der Waals surface area contributed by atoms with Gasteiger partial charge >= 0.3 is 0 Å². The van der Waals surface area contributed by atoms with Crippen molar-refractivity contribution in [2.75, 3.05) is 4.90 Å². The van der Waals surface area contributed by atoms with Crippen LogP contribution >= 0.6 is 22.7 Å². The lowest BCUT2D eigenvalue weighted by atomic mass is 9.85. The summed E-state index contributed by atoms with van der Waals surface area (Å²) < 4.78 is 2.22. The molecule has 4 heterocycles. The molecule has 0 radical (unpaired) electrons. The Bertz CT molecular complexity index is 2740. The third kappa shape index (κ3) is 5.46. The van der Waals surface area contributed by atoms with Gasteiger partial charge in [0.05, 0.1) is 27.9 Å². The van der Waals surface area contributed by atoms with Crippen molar-refractivity contribution in [1.82, 2.24) is 4.57 Å². The highest BCUT2D eigenvalue weighted by atomic mass is 32.1. The maximum atomic E-state index is 15.2. The fourth-order valence-electron chi connectivity index (χ4n) is 8.67. The number of carbonyl (C=O) groups excluding carboxylic acids is 2. The lowest BCUT2D eigenvalue weighted by Crippen LogP contribution is -2.32. The second-order valence-electron chi connectivity index (χ2n) is 14.5. The molecule has 6 heteroatoms. The fraction of sp³-hybridized carbons (Fsp3) is 0.143. The largest absolute Gasteiger partial charge is 0.307 e. The average molecular weight is 753 g/mol. The van der Waals surface area contributed by atoms with E-state index in [0.29, 0.717) is 16.8 Å². The molecule has 3 aromatic heterocycles. The van der Waals surface area contributed by atoms with Crippen LogP contribution in [-0.4, -0.2) is 16.4 Å². The van der Waals surface area contributed by atoms with Crippen molar-refractivity contribution in [2.24, 2.45) is 0 Å². The summed E-state index contributed by atoms with van der Waals surface area (Å²) >= 11 is 3.36. The second-order valence-corrected chi connectivity index (χ2v) is 17.4. The lowest BCUT2D eigenvalue weighted by molar-refractivity contribution is -0.119. The standard InChI is InChI=1S/C49H40N2O2S2/c1-28-30(3)54-32(5)42(28)45-46(43-29(2)31(4)55-33(43)6)49(53)51(48(45)52)41-23-15-21-39-38-20-13-14-22-40(38)50(47(39)41)37-26-24-36(25-27-37)44(34-16-9-7-10-17-34)35-18-11-8-12-19-35/h7-27,44H,1-6H3. The Kier molecular flexibility index (Phi) is 8.56. The van der Waals surface area contributed by atoms with Crippen LogP contribution < -0.4 is 4.90 Å². The van der Waals surface area contributed by atoms with Crippen LogP contribution in [0.15, 0.2) is 127 Å². The van der Waals surface area contributed by atoms with E-state index in [1.807, 2.05) is 24.3 Å². The van der Waals surface area contributed by atoms with E-state index in [2.05, 4.69) is 149 Å². The molecule has 8 aromatic rings. The van der Waals surface area contributed by atoms with Crippen LogP contribution in [0.3, 0.4) is 0 Å². The molecule has 2 amide bonds. The van der Waals surface area contributed by atoms with E-state index in [1.54, 1.807) is 22.7 Å². The molecule has 0 unspecified atom stereocenters. The summed E-state index contributed by atoms with van der Waals surface area (Å²) in [6, 6.07) is 44.3. The van der Waals surface area contributed by atoms with Gasteiger partial charge in [0, 0.05) is 53.0 Å². The first kappa shape index (κ1) is 34.9. The molecule has 0 bridgehead atoms. The first-order chi connectivity index (χ1) is 26.7. The van der Waals surface area contributed by atoms with Crippen molar-refractivity contribution in [3.8, 4) is 5.69 Å². The van der Waals surface area contributed by atoms with Gasteiger partial charge in [-0.3, -0.25) is 9.59 Å². The number of hydrogen-bond acceptors (Lipinski definition) is 4. The summed E-state index contributed by atoms with van der Waals surface area (Å²) in [6.45, 7) is 12.4. The average Bonchev–Trinajstić information content (AvgIpc) is 3.84. The van der Waals surface area contributed by atoms with E-state index in [-0.39, 0.29) is 17.7 Å². The normalized spacial score (nSPS) is 13.4. The van der Waals surface area contributed by atoms with Gasteiger partial charge in [-0.25, -0.2) is 4.90 Å². The highest BCUT2D eigenvalue weighted by molar-refractivity contribution is 7.12. The van der Waals surface area contributed by atoms with Gasteiger partial charge in [-0.05, 0) is 93.6 Å². The topological polar surface area (TPSA) is 42.3 Å². The molecule has 0 spiro atoms. The number of nitrogens with zero attached hydrogens (tertiary/aromatic N) is 2. The lowest BCUT2D eigenvalue weighted by Gasteiger charge is -2.21. The number of hydrogen-bond donors (Lipinski definition) is 0. The fourth-order valence-corrected chi connectivity index (χ4v) is 10.8. The van der Waals surface area contributed by atoms with Gasteiger partial charge in [-0.2, -0.15) is 0 Å². The van der Waals surface area contributed by atoms with Gasteiger partial charge in [0.25, 0.3) is 11.8 Å². The van der Waals surface area contributed by atoms with Gasteiger partial charge in [0.2, 0.25) is 0 Å². The minimum absolute atomic E-state index is 0.0632. The first-order valence-corrected chi connectivity index (χ1v) is 20.3. The number of aromatic nitrogens is 1. The van der Waals surface area contributed by atoms with E-state index < -0.39 is 0 Å². The van der Waals surface area contributed by atoms with E-state index >= 15 is 9.59 Å². The van der Waals surface area contributed by atoms with Crippen LogP contribution in [0.4, 0.5) is 5.69 Å². The molecule has 0 saturated carbocycles. The highest BCUT2D eigenvalue weighted by Crippen LogP contribution is 2.48. The number of imide groups is 1. The molecule has 1 aliphatic rings. The van der Waals surface area contributed by atoms with Crippen LogP contribution in [0, 0.1) is 41.5 Å². The van der Waals surface area contributed by atoms with Gasteiger partial charge in [0.15, 0.2) is 0 Å². The van der Waals surface area contributed by atoms with Gasteiger partial charge < -0.3 is 4.57 Å². The molecule has 0 fully saturated rings. The number of carbonyl (C=O) groups is 2. The number of para-hydroxylation sites is 2. The minimum atomic E-state index is -0.278. The zero-order valence-electron chi connectivity index (χ0n) is 31.7. The van der Waals surface area contributed by atoms with Crippen molar-refractivity contribution in [3.05, 3.63) is 186 Å². The Labute approximate surface area is 329 Å². The number of anilines is 1. The van der Waals surface area contributed by atoms with Crippen molar-refractivity contribution >= 4 is 73.1 Å². The molecule has 0 aliphatic carbocycles. The van der Waals surface area contributed by atoms with E-state index in [9.17, 15) is 0 Å². The molecular weight excluding hydrogens is 713 g/mol. The van der Waals surface area contributed by atoms with E-state index in [0.717, 1.165) is 69.3 Å². The van der Waals surface area contributed by atoms with Crippen molar-refractivity contribution < 1.29 is 9.59 Å². The van der Waals surface area contributed by atoms with E-state index in [1.165, 1.54) is 21.6 Å². The Morgan fingerprint density at radius 3 is 1.45 bits per heavy atom. The number of fused-ring (bicyclic) bond motifs is 3. The number of aryl methyl sites for hydroxylation is 4. The summed E-state index contributed by atoms with van der Waals surface area (Å²) in [4.78, 5) is 36.2. The third-order valence-corrected chi connectivity index (χ3v) is 13.6. The summed E-state index contributed by atoms with van der Waals surface area (Å²) in [6.07, 6.45) is 0. The van der Waals surface area contributed by atoms with Gasteiger partial charge in [-0.15, -0.1) is 22.7 Å². The molecular formula is C49H40N2O2S2. The maximum absolute atomic E-state index is 15.2. The third-order valence-electron chi connectivity index (χ3n) is 11.4. The summed E-state index contributed by atoms with van der Waals surface area (Å²) in [5, 5.41) is 2.04. The molecule has 4 nitrogen and oxygen atoms in total. The Morgan fingerprint density at radius 2 is 0.945 bits per heavy atom.